The minimum Gasteiger partial charge on any atom is -0.456 e. The number of nitrogens with one attached hydrogen (secondary N) is 1. The first-order chi connectivity index (χ1) is 8.54. The van der Waals surface area contributed by atoms with Gasteiger partial charge in [-0.25, -0.2) is 4.79 Å². The summed E-state index contributed by atoms with van der Waals surface area (Å²) < 4.78 is 4.82. The lowest BCUT2D eigenvalue weighted by Crippen LogP contribution is -2.37. The summed E-state index contributed by atoms with van der Waals surface area (Å²) in [5.41, 5.74) is 4.76. The lowest BCUT2D eigenvalue weighted by atomic mass is 9.86. The van der Waals surface area contributed by atoms with Crippen LogP contribution >= 0.6 is 0 Å². The van der Waals surface area contributed by atoms with Gasteiger partial charge in [-0.2, -0.15) is 0 Å². The zero-order valence-corrected chi connectivity index (χ0v) is 10.2. The Morgan fingerprint density at radius 1 is 1.22 bits per heavy atom. The van der Waals surface area contributed by atoms with Crippen molar-refractivity contribution in [2.24, 2.45) is 23.5 Å². The summed E-state index contributed by atoms with van der Waals surface area (Å²) in [6.45, 7) is -0.442. The molecule has 3 N–H and O–H groups in total. The molecule has 0 saturated heterocycles. The third kappa shape index (κ3) is 3.21. The second kappa shape index (κ2) is 5.37. The van der Waals surface area contributed by atoms with E-state index in [4.69, 9.17) is 10.5 Å². The van der Waals surface area contributed by atoms with Gasteiger partial charge < -0.3 is 10.5 Å². The molecule has 0 aliphatic heterocycles. The van der Waals surface area contributed by atoms with E-state index in [1.165, 1.54) is 19.3 Å². The van der Waals surface area contributed by atoms with Crippen LogP contribution in [0.5, 0.6) is 0 Å². The van der Waals surface area contributed by atoms with Crippen molar-refractivity contribution in [3.05, 3.63) is 0 Å². The van der Waals surface area contributed by atoms with Crippen LogP contribution in [-0.2, 0) is 14.3 Å². The summed E-state index contributed by atoms with van der Waals surface area (Å²) in [4.78, 5) is 33.0. The van der Waals surface area contributed by atoms with E-state index in [0.717, 1.165) is 12.3 Å². The van der Waals surface area contributed by atoms with Crippen molar-refractivity contribution < 1.29 is 19.1 Å². The number of esters is 1. The van der Waals surface area contributed by atoms with Crippen molar-refractivity contribution in [2.45, 2.75) is 32.1 Å². The number of carbonyl (C=O) groups excluding carboxylic acids is 3. The highest BCUT2D eigenvalue weighted by atomic mass is 16.5. The lowest BCUT2D eigenvalue weighted by molar-refractivity contribution is -0.149. The van der Waals surface area contributed by atoms with Gasteiger partial charge in [-0.15, -0.1) is 0 Å². The predicted molar refractivity (Wildman–Crippen MR) is 62.2 cm³/mol. The Labute approximate surface area is 105 Å². The third-order valence-corrected chi connectivity index (χ3v) is 3.94. The summed E-state index contributed by atoms with van der Waals surface area (Å²) in [7, 11) is 0. The Morgan fingerprint density at radius 3 is 2.56 bits per heavy atom. The van der Waals surface area contributed by atoms with E-state index >= 15 is 0 Å². The second-order valence-corrected chi connectivity index (χ2v) is 5.21. The molecule has 6 nitrogen and oxygen atoms in total. The monoisotopic (exact) mass is 254 g/mol. The highest BCUT2D eigenvalue weighted by Crippen LogP contribution is 2.49. The Hall–Kier alpha value is -1.59. The van der Waals surface area contributed by atoms with Crippen LogP contribution in [0.3, 0.4) is 0 Å². The van der Waals surface area contributed by atoms with Crippen molar-refractivity contribution in [1.82, 2.24) is 5.32 Å². The van der Waals surface area contributed by atoms with Crippen LogP contribution in [-0.4, -0.2) is 24.5 Å². The fraction of sp³-hybridized carbons (Fsp3) is 0.750. The molecule has 18 heavy (non-hydrogen) atoms. The Balaban J connectivity index is 1.66. The molecule has 3 atom stereocenters. The normalized spacial score (nSPS) is 29.0. The SMILES string of the molecule is NC(=O)NC(=O)COC(=O)C[C@H]1C[C@H]2CC[C@@H]1C2. The minimum atomic E-state index is -0.941. The first-order valence-corrected chi connectivity index (χ1v) is 6.29. The molecule has 0 heterocycles. The molecule has 6 heteroatoms. The number of urea groups is 1. The molecule has 2 aliphatic carbocycles. The molecular formula is C12H18N2O4. The zero-order valence-electron chi connectivity index (χ0n) is 10.2. The topological polar surface area (TPSA) is 98.5 Å². The molecule has 100 valence electrons. The number of primary amides is 1. The highest BCUT2D eigenvalue weighted by Gasteiger charge is 2.40. The molecule has 0 radical (unpaired) electrons. The molecule has 0 aromatic heterocycles. The van der Waals surface area contributed by atoms with E-state index in [1.807, 2.05) is 5.32 Å². The van der Waals surface area contributed by atoms with Gasteiger partial charge >= 0.3 is 12.0 Å². The molecule has 2 bridgehead atoms. The average molecular weight is 254 g/mol. The quantitative estimate of drug-likeness (QED) is 0.716. The summed E-state index contributed by atoms with van der Waals surface area (Å²) in [5, 5.41) is 1.84. The molecule has 2 rings (SSSR count). The molecule has 2 saturated carbocycles. The fourth-order valence-electron chi connectivity index (χ4n) is 3.22. The van der Waals surface area contributed by atoms with E-state index in [0.29, 0.717) is 18.3 Å². The van der Waals surface area contributed by atoms with Crippen molar-refractivity contribution >= 4 is 17.9 Å². The van der Waals surface area contributed by atoms with Crippen LogP contribution in [0, 0.1) is 17.8 Å². The van der Waals surface area contributed by atoms with Gasteiger partial charge in [-0.1, -0.05) is 6.42 Å². The minimum absolute atomic E-state index is 0.368. The fourth-order valence-corrected chi connectivity index (χ4v) is 3.22. The molecule has 0 spiro atoms. The summed E-state index contributed by atoms with van der Waals surface area (Å²) >= 11 is 0. The molecule has 0 aromatic carbocycles. The molecule has 0 aromatic rings. The molecular weight excluding hydrogens is 236 g/mol. The number of imide groups is 1. The number of carbonyl (C=O) groups is 3. The van der Waals surface area contributed by atoms with Crippen LogP contribution < -0.4 is 11.1 Å². The first-order valence-electron chi connectivity index (χ1n) is 6.29. The van der Waals surface area contributed by atoms with Crippen molar-refractivity contribution in [2.75, 3.05) is 6.61 Å². The van der Waals surface area contributed by atoms with E-state index in [1.54, 1.807) is 0 Å². The average Bonchev–Trinajstić information content (AvgIpc) is 2.87. The maximum Gasteiger partial charge on any atom is 0.318 e. The predicted octanol–water partition coefficient (Wildman–Crippen LogP) is 0.551. The van der Waals surface area contributed by atoms with Gasteiger partial charge in [0.25, 0.3) is 5.91 Å². The van der Waals surface area contributed by atoms with Gasteiger partial charge in [-0.05, 0) is 37.0 Å². The number of rotatable bonds is 4. The summed E-state index contributed by atoms with van der Waals surface area (Å²) in [6.07, 6.45) is 5.22. The largest absolute Gasteiger partial charge is 0.456 e. The first kappa shape index (κ1) is 12.9. The number of hydrogen-bond acceptors (Lipinski definition) is 4. The van der Waals surface area contributed by atoms with Crippen LogP contribution in [0.25, 0.3) is 0 Å². The van der Waals surface area contributed by atoms with Crippen molar-refractivity contribution in [3.63, 3.8) is 0 Å². The number of hydrogen-bond donors (Lipinski definition) is 2. The number of ether oxygens (including phenoxy) is 1. The maximum atomic E-state index is 11.5. The molecule has 3 amide bonds. The van der Waals surface area contributed by atoms with Gasteiger partial charge in [-0.3, -0.25) is 14.9 Å². The number of amides is 3. The molecule has 2 aliphatic rings. The Kier molecular flexibility index (Phi) is 3.84. The number of nitrogens with two attached hydrogens (primary N) is 1. The summed E-state index contributed by atoms with van der Waals surface area (Å²) in [6, 6.07) is -0.941. The van der Waals surface area contributed by atoms with E-state index < -0.39 is 18.5 Å². The Morgan fingerprint density at radius 2 is 2.00 bits per heavy atom. The van der Waals surface area contributed by atoms with Crippen LogP contribution in [0.1, 0.15) is 32.1 Å². The smallest absolute Gasteiger partial charge is 0.318 e. The van der Waals surface area contributed by atoms with Crippen LogP contribution in [0.4, 0.5) is 4.79 Å². The molecule has 0 unspecified atom stereocenters. The Bertz CT molecular complexity index is 369. The number of fused-ring (bicyclic) bond motifs is 2. The van der Waals surface area contributed by atoms with Gasteiger partial charge in [0.2, 0.25) is 0 Å². The van der Waals surface area contributed by atoms with Gasteiger partial charge in [0.05, 0.1) is 0 Å². The van der Waals surface area contributed by atoms with Gasteiger partial charge in [0.1, 0.15) is 0 Å². The molecule has 2 fully saturated rings. The van der Waals surface area contributed by atoms with E-state index in [2.05, 4.69) is 0 Å². The standard InChI is InChI=1S/C12H18N2O4/c13-12(17)14-10(15)6-18-11(16)5-9-4-7-1-2-8(9)3-7/h7-9H,1-6H2,(H3,13,14,15,17)/t7-,8+,9+/m0/s1. The summed E-state index contributed by atoms with van der Waals surface area (Å²) in [5.74, 6) is 0.791. The van der Waals surface area contributed by atoms with E-state index in [-0.39, 0.29) is 5.97 Å². The highest BCUT2D eigenvalue weighted by molar-refractivity contribution is 5.94. The third-order valence-electron chi connectivity index (χ3n) is 3.94. The van der Waals surface area contributed by atoms with Gasteiger partial charge in [0, 0.05) is 6.42 Å². The lowest BCUT2D eigenvalue weighted by Gasteiger charge is -2.20. The van der Waals surface area contributed by atoms with Crippen molar-refractivity contribution in [1.29, 1.82) is 0 Å². The van der Waals surface area contributed by atoms with Crippen LogP contribution in [0.15, 0.2) is 0 Å². The maximum absolute atomic E-state index is 11.5. The van der Waals surface area contributed by atoms with Crippen LogP contribution in [0.2, 0.25) is 0 Å². The second-order valence-electron chi connectivity index (χ2n) is 5.21. The van der Waals surface area contributed by atoms with E-state index in [9.17, 15) is 14.4 Å². The van der Waals surface area contributed by atoms with Gasteiger partial charge in [0.15, 0.2) is 6.61 Å². The van der Waals surface area contributed by atoms with Crippen molar-refractivity contribution in [3.8, 4) is 0 Å². The zero-order chi connectivity index (χ0) is 13.1.